The van der Waals surface area contributed by atoms with E-state index in [-0.39, 0.29) is 12.4 Å². The van der Waals surface area contributed by atoms with E-state index in [4.69, 9.17) is 0 Å². The van der Waals surface area contributed by atoms with Crippen molar-refractivity contribution >= 4 is 0 Å². The smallest absolute Gasteiger partial charge is 0.338 e. The van der Waals surface area contributed by atoms with E-state index in [1.54, 1.807) is 23.6 Å². The molecule has 0 aromatic carbocycles. The van der Waals surface area contributed by atoms with Gasteiger partial charge in [-0.1, -0.05) is 5.16 Å². The van der Waals surface area contributed by atoms with Crippen molar-refractivity contribution in [1.82, 2.24) is 29.8 Å². The molecule has 10 heteroatoms. The van der Waals surface area contributed by atoms with Crippen LogP contribution in [0.3, 0.4) is 0 Å². The van der Waals surface area contributed by atoms with E-state index < -0.39 is 12.0 Å². The van der Waals surface area contributed by atoms with Gasteiger partial charge in [0.2, 0.25) is 5.89 Å². The Balaban J connectivity index is 1.98. The molecule has 0 N–H and O–H groups in total. The summed E-state index contributed by atoms with van der Waals surface area (Å²) < 4.78 is 43.1. The molecule has 0 fully saturated rings. The maximum atomic E-state index is 12.3. The molecule has 19 heavy (non-hydrogen) atoms. The van der Waals surface area contributed by atoms with Crippen LogP contribution in [-0.4, -0.2) is 36.9 Å². The first-order valence-electron chi connectivity index (χ1n) is 5.27. The SMILES string of the molecule is CN(Cc1nc(C(F)(F)F)no1)Cc1nncn1C. The van der Waals surface area contributed by atoms with Gasteiger partial charge in [0, 0.05) is 7.05 Å². The molecular formula is C9H11F3N6O. The first kappa shape index (κ1) is 13.5. The Hall–Kier alpha value is -1.97. The number of hydrogen-bond donors (Lipinski definition) is 0. The van der Waals surface area contributed by atoms with Crippen molar-refractivity contribution in [2.24, 2.45) is 7.05 Å². The van der Waals surface area contributed by atoms with Crippen LogP contribution >= 0.6 is 0 Å². The van der Waals surface area contributed by atoms with Crippen LogP contribution in [0.15, 0.2) is 10.9 Å². The molecule has 0 saturated heterocycles. The second-order valence-corrected chi connectivity index (χ2v) is 4.04. The fraction of sp³-hybridized carbons (Fsp3) is 0.556. The molecule has 2 heterocycles. The summed E-state index contributed by atoms with van der Waals surface area (Å²) in [4.78, 5) is 4.98. The number of aromatic nitrogens is 5. The fourth-order valence-electron chi connectivity index (χ4n) is 1.41. The quantitative estimate of drug-likeness (QED) is 0.824. The van der Waals surface area contributed by atoms with Crippen LogP contribution in [0.2, 0.25) is 0 Å². The van der Waals surface area contributed by atoms with Crippen molar-refractivity contribution in [3.05, 3.63) is 23.9 Å². The van der Waals surface area contributed by atoms with Crippen molar-refractivity contribution < 1.29 is 17.7 Å². The second kappa shape index (κ2) is 4.96. The van der Waals surface area contributed by atoms with Crippen LogP contribution < -0.4 is 0 Å². The standard InChI is InChI=1S/C9H11F3N6O/c1-17(3-6-15-13-5-18(6)2)4-7-14-8(16-19-7)9(10,11)12/h5H,3-4H2,1-2H3. The lowest BCUT2D eigenvalue weighted by Gasteiger charge is -2.12. The minimum absolute atomic E-state index is 0.0932. The van der Waals surface area contributed by atoms with Gasteiger partial charge < -0.3 is 9.09 Å². The highest BCUT2D eigenvalue weighted by atomic mass is 19.4. The van der Waals surface area contributed by atoms with Crippen molar-refractivity contribution in [3.8, 4) is 0 Å². The van der Waals surface area contributed by atoms with E-state index in [1.165, 1.54) is 6.33 Å². The molecule has 0 aliphatic heterocycles. The molecule has 2 aromatic heterocycles. The summed E-state index contributed by atoms with van der Waals surface area (Å²) in [7, 11) is 3.48. The van der Waals surface area contributed by atoms with Crippen LogP contribution in [0.1, 0.15) is 17.5 Å². The predicted octanol–water partition coefficient (Wildman–Crippen LogP) is 0.849. The number of nitrogens with zero attached hydrogens (tertiary/aromatic N) is 6. The average Bonchev–Trinajstić information content (AvgIpc) is 2.88. The number of halogens is 3. The summed E-state index contributed by atoms with van der Waals surface area (Å²) in [5.41, 5.74) is 0. The summed E-state index contributed by atoms with van der Waals surface area (Å²) in [5.74, 6) is -0.690. The highest BCUT2D eigenvalue weighted by Gasteiger charge is 2.37. The highest BCUT2D eigenvalue weighted by Crippen LogP contribution is 2.26. The molecule has 0 aliphatic rings. The Labute approximate surface area is 106 Å². The highest BCUT2D eigenvalue weighted by molar-refractivity contribution is 4.91. The maximum Gasteiger partial charge on any atom is 0.455 e. The average molecular weight is 276 g/mol. The number of rotatable bonds is 4. The van der Waals surface area contributed by atoms with E-state index in [0.717, 1.165) is 0 Å². The lowest BCUT2D eigenvalue weighted by atomic mass is 10.4. The van der Waals surface area contributed by atoms with E-state index in [1.807, 2.05) is 0 Å². The molecule has 0 aliphatic carbocycles. The fourth-order valence-corrected chi connectivity index (χ4v) is 1.41. The van der Waals surface area contributed by atoms with Crippen LogP contribution in [0, 0.1) is 0 Å². The number of alkyl halides is 3. The normalized spacial score (nSPS) is 12.3. The van der Waals surface area contributed by atoms with Gasteiger partial charge in [0.05, 0.1) is 13.1 Å². The Morgan fingerprint density at radius 2 is 2.11 bits per heavy atom. The Morgan fingerprint density at radius 1 is 1.37 bits per heavy atom. The molecule has 0 radical (unpaired) electrons. The van der Waals surface area contributed by atoms with E-state index in [9.17, 15) is 13.2 Å². The Kier molecular flexibility index (Phi) is 3.51. The molecular weight excluding hydrogens is 265 g/mol. The second-order valence-electron chi connectivity index (χ2n) is 4.04. The molecule has 104 valence electrons. The van der Waals surface area contributed by atoms with Crippen molar-refractivity contribution in [2.75, 3.05) is 7.05 Å². The third-order valence-electron chi connectivity index (χ3n) is 2.34. The van der Waals surface area contributed by atoms with E-state index in [2.05, 4.69) is 24.9 Å². The molecule has 2 rings (SSSR count). The molecule has 0 bridgehead atoms. The van der Waals surface area contributed by atoms with Gasteiger partial charge in [-0.3, -0.25) is 4.90 Å². The molecule has 0 saturated carbocycles. The van der Waals surface area contributed by atoms with Crippen molar-refractivity contribution in [1.29, 1.82) is 0 Å². The first-order chi connectivity index (χ1) is 8.86. The van der Waals surface area contributed by atoms with Crippen molar-refractivity contribution in [3.63, 3.8) is 0 Å². The maximum absolute atomic E-state index is 12.3. The van der Waals surface area contributed by atoms with Gasteiger partial charge in [-0.2, -0.15) is 18.2 Å². The van der Waals surface area contributed by atoms with Gasteiger partial charge in [0.25, 0.3) is 5.82 Å². The molecule has 0 spiro atoms. The molecule has 0 amide bonds. The summed E-state index contributed by atoms with van der Waals surface area (Å²) in [6, 6.07) is 0. The molecule has 0 atom stereocenters. The number of aryl methyl sites for hydroxylation is 1. The topological polar surface area (TPSA) is 72.9 Å². The van der Waals surface area contributed by atoms with Gasteiger partial charge in [0.1, 0.15) is 12.2 Å². The Morgan fingerprint density at radius 3 is 2.63 bits per heavy atom. The lowest BCUT2D eigenvalue weighted by Crippen LogP contribution is -2.20. The first-order valence-corrected chi connectivity index (χ1v) is 5.27. The van der Waals surface area contributed by atoms with Gasteiger partial charge in [0.15, 0.2) is 0 Å². The third kappa shape index (κ3) is 3.28. The van der Waals surface area contributed by atoms with Gasteiger partial charge in [-0.05, 0) is 7.05 Å². The van der Waals surface area contributed by atoms with Crippen LogP contribution in [0.25, 0.3) is 0 Å². The minimum atomic E-state index is -4.59. The summed E-state index contributed by atoms with van der Waals surface area (Å²) in [6.07, 6.45) is -3.05. The molecule has 2 aromatic rings. The van der Waals surface area contributed by atoms with Crippen LogP contribution in [-0.2, 0) is 26.3 Å². The summed E-state index contributed by atoms with van der Waals surface area (Å²) >= 11 is 0. The minimum Gasteiger partial charge on any atom is -0.338 e. The van der Waals surface area contributed by atoms with Gasteiger partial charge in [-0.25, -0.2) is 0 Å². The monoisotopic (exact) mass is 276 g/mol. The summed E-state index contributed by atoms with van der Waals surface area (Å²) in [5, 5.41) is 10.5. The van der Waals surface area contributed by atoms with Gasteiger partial charge in [-0.15, -0.1) is 10.2 Å². The summed E-state index contributed by atoms with van der Waals surface area (Å²) in [6.45, 7) is 0.496. The zero-order valence-electron chi connectivity index (χ0n) is 10.2. The molecule has 0 unspecified atom stereocenters. The van der Waals surface area contributed by atoms with Crippen molar-refractivity contribution in [2.45, 2.75) is 19.3 Å². The van der Waals surface area contributed by atoms with E-state index >= 15 is 0 Å². The molecule has 7 nitrogen and oxygen atoms in total. The largest absolute Gasteiger partial charge is 0.455 e. The third-order valence-corrected chi connectivity index (χ3v) is 2.34. The van der Waals surface area contributed by atoms with Gasteiger partial charge >= 0.3 is 6.18 Å². The zero-order chi connectivity index (χ0) is 14.0. The lowest BCUT2D eigenvalue weighted by molar-refractivity contribution is -0.146. The zero-order valence-corrected chi connectivity index (χ0v) is 10.2. The Bertz CT molecular complexity index is 548. The number of hydrogen-bond acceptors (Lipinski definition) is 6. The van der Waals surface area contributed by atoms with Crippen LogP contribution in [0.5, 0.6) is 0 Å². The van der Waals surface area contributed by atoms with Crippen LogP contribution in [0.4, 0.5) is 13.2 Å². The predicted molar refractivity (Wildman–Crippen MR) is 55.5 cm³/mol. The van der Waals surface area contributed by atoms with E-state index in [0.29, 0.717) is 12.4 Å².